The van der Waals surface area contributed by atoms with Crippen LogP contribution >= 0.6 is 0 Å². The molecule has 0 radical (unpaired) electrons. The maximum atomic E-state index is 12.6. The summed E-state index contributed by atoms with van der Waals surface area (Å²) < 4.78 is 5.30. The van der Waals surface area contributed by atoms with Gasteiger partial charge in [-0.25, -0.2) is 4.79 Å². The van der Waals surface area contributed by atoms with Crippen LogP contribution in [0.15, 0.2) is 78.9 Å². The molecule has 4 aromatic rings. The quantitative estimate of drug-likeness (QED) is 0.491. The fraction of sp³-hybridized carbons (Fsp3) is 0.0833. The lowest BCUT2D eigenvalue weighted by Gasteiger charge is -2.15. The molecule has 4 rings (SSSR count). The van der Waals surface area contributed by atoms with Crippen molar-refractivity contribution in [1.29, 1.82) is 0 Å². The number of phenols is 1. The first-order valence-corrected chi connectivity index (χ1v) is 9.25. The average Bonchev–Trinajstić information content (AvgIpc) is 2.74. The number of ether oxygens (including phenoxy) is 1. The number of amides is 1. The van der Waals surface area contributed by atoms with Crippen molar-refractivity contribution in [2.75, 3.05) is 5.32 Å². The van der Waals surface area contributed by atoms with Gasteiger partial charge in [-0.2, -0.15) is 0 Å². The zero-order valence-electron chi connectivity index (χ0n) is 15.8. The van der Waals surface area contributed by atoms with E-state index in [0.29, 0.717) is 11.1 Å². The van der Waals surface area contributed by atoms with Gasteiger partial charge in [0.2, 0.25) is 0 Å². The minimum atomic E-state index is -1.03. The Balaban J connectivity index is 1.51. The van der Waals surface area contributed by atoms with Crippen LogP contribution in [0.1, 0.15) is 17.3 Å². The molecule has 0 spiro atoms. The SMILES string of the molecule is C[C@H](OC(=O)c1ccc2ccccc2c1O)C(=O)Nc1cccc2ccccc12. The number of aromatic hydroxyl groups is 1. The van der Waals surface area contributed by atoms with Gasteiger partial charge in [0.05, 0.1) is 0 Å². The molecule has 0 unspecified atom stereocenters. The van der Waals surface area contributed by atoms with Gasteiger partial charge in [0.1, 0.15) is 11.3 Å². The van der Waals surface area contributed by atoms with Gasteiger partial charge in [-0.1, -0.05) is 66.7 Å². The molecule has 1 atom stereocenters. The van der Waals surface area contributed by atoms with Crippen molar-refractivity contribution in [2.24, 2.45) is 0 Å². The fourth-order valence-corrected chi connectivity index (χ4v) is 3.27. The first kappa shape index (κ1) is 18.5. The lowest BCUT2D eigenvalue weighted by atomic mass is 10.1. The number of esters is 1. The molecular weight excluding hydrogens is 366 g/mol. The van der Waals surface area contributed by atoms with Gasteiger partial charge in [0, 0.05) is 16.5 Å². The predicted molar refractivity (Wildman–Crippen MR) is 113 cm³/mol. The van der Waals surface area contributed by atoms with Crippen molar-refractivity contribution in [1.82, 2.24) is 0 Å². The van der Waals surface area contributed by atoms with Gasteiger partial charge in [0.25, 0.3) is 5.91 Å². The van der Waals surface area contributed by atoms with Crippen LogP contribution in [-0.4, -0.2) is 23.1 Å². The molecule has 0 aliphatic heterocycles. The molecule has 5 nitrogen and oxygen atoms in total. The molecule has 0 saturated heterocycles. The third-order valence-electron chi connectivity index (χ3n) is 4.82. The van der Waals surface area contributed by atoms with Crippen molar-refractivity contribution in [3.63, 3.8) is 0 Å². The van der Waals surface area contributed by atoms with Crippen LogP contribution < -0.4 is 5.32 Å². The number of hydrogen-bond donors (Lipinski definition) is 2. The monoisotopic (exact) mass is 385 g/mol. The van der Waals surface area contributed by atoms with Crippen LogP contribution in [0.4, 0.5) is 5.69 Å². The molecule has 4 aromatic carbocycles. The van der Waals surface area contributed by atoms with Gasteiger partial charge >= 0.3 is 5.97 Å². The highest BCUT2D eigenvalue weighted by Crippen LogP contribution is 2.29. The lowest BCUT2D eigenvalue weighted by Crippen LogP contribution is -2.30. The molecule has 2 N–H and O–H groups in total. The minimum absolute atomic E-state index is 0.0218. The Morgan fingerprint density at radius 2 is 1.45 bits per heavy atom. The first-order valence-electron chi connectivity index (χ1n) is 9.25. The van der Waals surface area contributed by atoms with E-state index in [9.17, 15) is 14.7 Å². The molecule has 0 fully saturated rings. The highest BCUT2D eigenvalue weighted by atomic mass is 16.5. The molecule has 5 heteroatoms. The third kappa shape index (κ3) is 3.62. The molecule has 0 aliphatic rings. The Kier molecular flexibility index (Phi) is 4.87. The van der Waals surface area contributed by atoms with Crippen molar-refractivity contribution in [3.05, 3.63) is 84.4 Å². The molecule has 0 bridgehead atoms. The zero-order chi connectivity index (χ0) is 20.4. The summed E-state index contributed by atoms with van der Waals surface area (Å²) in [6.07, 6.45) is -1.03. The van der Waals surface area contributed by atoms with Crippen molar-refractivity contribution in [2.45, 2.75) is 13.0 Å². The van der Waals surface area contributed by atoms with Gasteiger partial charge < -0.3 is 15.2 Å². The Bertz CT molecular complexity index is 1230. The second kappa shape index (κ2) is 7.64. The molecule has 0 saturated carbocycles. The Morgan fingerprint density at radius 3 is 2.21 bits per heavy atom. The number of benzene rings is 4. The van der Waals surface area contributed by atoms with Crippen molar-refractivity contribution < 1.29 is 19.4 Å². The summed E-state index contributed by atoms with van der Waals surface area (Å²) in [6.45, 7) is 1.50. The molecule has 144 valence electrons. The topological polar surface area (TPSA) is 75.6 Å². The summed E-state index contributed by atoms with van der Waals surface area (Å²) >= 11 is 0. The number of anilines is 1. The lowest BCUT2D eigenvalue weighted by molar-refractivity contribution is -0.123. The minimum Gasteiger partial charge on any atom is -0.506 e. The Hall–Kier alpha value is -3.86. The second-order valence-electron chi connectivity index (χ2n) is 6.75. The maximum Gasteiger partial charge on any atom is 0.342 e. The van der Waals surface area contributed by atoms with Crippen LogP contribution in [0.25, 0.3) is 21.5 Å². The maximum absolute atomic E-state index is 12.6. The summed E-state index contributed by atoms with van der Waals surface area (Å²) in [7, 11) is 0. The van der Waals surface area contributed by atoms with Gasteiger partial charge in [-0.3, -0.25) is 4.79 Å². The summed E-state index contributed by atoms with van der Waals surface area (Å²) in [5.74, 6) is -1.36. The molecule has 0 heterocycles. The summed E-state index contributed by atoms with van der Waals surface area (Å²) in [5.41, 5.74) is 0.665. The fourth-order valence-electron chi connectivity index (χ4n) is 3.27. The molecule has 29 heavy (non-hydrogen) atoms. The van der Waals surface area contributed by atoms with E-state index < -0.39 is 18.0 Å². The number of carbonyl (C=O) groups excluding carboxylic acids is 2. The van der Waals surface area contributed by atoms with Crippen LogP contribution in [0.2, 0.25) is 0 Å². The smallest absolute Gasteiger partial charge is 0.342 e. The molecular formula is C24H19NO4. The van der Waals surface area contributed by atoms with Crippen molar-refractivity contribution in [3.8, 4) is 5.75 Å². The standard InChI is InChI=1S/C24H19NO4/c1-15(23(27)25-21-12-6-9-16-7-2-4-10-18(16)21)29-24(28)20-14-13-17-8-3-5-11-19(17)22(20)26/h2-15,26H,1H3,(H,25,27)/t15-/m0/s1. The average molecular weight is 385 g/mol. The second-order valence-corrected chi connectivity index (χ2v) is 6.75. The van der Waals surface area contributed by atoms with Gasteiger partial charge in [-0.15, -0.1) is 0 Å². The van der Waals surface area contributed by atoms with Crippen LogP contribution in [0.5, 0.6) is 5.75 Å². The van der Waals surface area contributed by atoms with E-state index >= 15 is 0 Å². The summed E-state index contributed by atoms with van der Waals surface area (Å²) in [4.78, 5) is 25.1. The van der Waals surface area contributed by atoms with E-state index in [1.807, 2.05) is 48.5 Å². The number of carbonyl (C=O) groups is 2. The largest absolute Gasteiger partial charge is 0.506 e. The molecule has 0 aromatic heterocycles. The number of phenolic OH excluding ortho intramolecular Hbond substituents is 1. The van der Waals surface area contributed by atoms with Crippen LogP contribution in [0, 0.1) is 0 Å². The Morgan fingerprint density at radius 1 is 0.828 bits per heavy atom. The number of fused-ring (bicyclic) bond motifs is 2. The molecule has 0 aliphatic carbocycles. The van der Waals surface area contributed by atoms with E-state index in [0.717, 1.165) is 16.2 Å². The number of rotatable bonds is 4. The first-order chi connectivity index (χ1) is 14.0. The highest BCUT2D eigenvalue weighted by molar-refractivity contribution is 6.05. The van der Waals surface area contributed by atoms with Crippen LogP contribution in [-0.2, 0) is 9.53 Å². The predicted octanol–water partition coefficient (Wildman–Crippen LogP) is 4.88. The van der Waals surface area contributed by atoms with E-state index in [1.54, 1.807) is 24.3 Å². The van der Waals surface area contributed by atoms with E-state index in [4.69, 9.17) is 4.74 Å². The third-order valence-corrected chi connectivity index (χ3v) is 4.82. The van der Waals surface area contributed by atoms with Gasteiger partial charge in [-0.05, 0) is 29.8 Å². The van der Waals surface area contributed by atoms with Crippen molar-refractivity contribution >= 4 is 39.1 Å². The highest BCUT2D eigenvalue weighted by Gasteiger charge is 2.22. The van der Waals surface area contributed by atoms with E-state index in [-0.39, 0.29) is 11.3 Å². The van der Waals surface area contributed by atoms with Crippen LogP contribution in [0.3, 0.4) is 0 Å². The summed E-state index contributed by atoms with van der Waals surface area (Å²) in [5, 5.41) is 16.5. The normalized spacial score (nSPS) is 11.9. The van der Waals surface area contributed by atoms with Gasteiger partial charge in [0.15, 0.2) is 6.10 Å². The number of nitrogens with one attached hydrogen (secondary N) is 1. The van der Waals surface area contributed by atoms with E-state index in [2.05, 4.69) is 5.32 Å². The molecule has 1 amide bonds. The van der Waals surface area contributed by atoms with E-state index in [1.165, 1.54) is 13.0 Å². The zero-order valence-corrected chi connectivity index (χ0v) is 15.8. The number of hydrogen-bond acceptors (Lipinski definition) is 4. The summed E-state index contributed by atoms with van der Waals surface area (Å²) in [6, 6.07) is 23.7. The Labute approximate surface area is 167 Å².